The van der Waals surface area contributed by atoms with Gasteiger partial charge in [-0.15, -0.1) is 0 Å². The van der Waals surface area contributed by atoms with Crippen LogP contribution in [-0.2, 0) is 14.3 Å². The fraction of sp³-hybridized carbons (Fsp3) is 0.983. The first-order valence-electron chi connectivity index (χ1n) is 60.2. The van der Waals surface area contributed by atoms with E-state index in [2.05, 4.69) is 232 Å². The average molecular weight is 2070 g/mol. The monoisotopic (exact) mass is 2060 g/mol. The molecule has 856 valence electrons. The lowest BCUT2D eigenvalue weighted by Crippen LogP contribution is -2.68. The van der Waals surface area contributed by atoms with Gasteiger partial charge in [0.2, 0.25) is 11.8 Å². The molecule has 0 bridgehead atoms. The van der Waals surface area contributed by atoms with Crippen molar-refractivity contribution in [1.29, 1.82) is 0 Å². The molecule has 30 nitrogen and oxygen atoms in total. The SMILES string of the molecule is CC(C)CCN1CCC(C(C)(C)O)CC1.CC(C)CN1CC(N2CC(O)C2)C1.CC(C)CN1CC(N2CCC(O)C2)C1.CC(C)CN1CC(N2CCC(O)CC2)C1.CC(C)CN1CC(N2CCCC(O)C2)C1.CC(C)CN1CC(N2CCCC2)C1.CC(C)CN1CC(N2CCCCC2)C1.CC(C)CN1CC(N2CCNC(=O)C2)C1.CC(C)CN1CC(N2CCOCC2)C1.CC(C)CN1CC(O)(CN(C)C(C)(C)C(N)=O)C1. The van der Waals surface area contributed by atoms with Gasteiger partial charge in [0.15, 0.2) is 0 Å². The van der Waals surface area contributed by atoms with Crippen LogP contribution in [0, 0.1) is 65.1 Å². The molecular weight excluding hydrogens is 1830 g/mol. The second-order valence-corrected chi connectivity index (χ2v) is 54.1. The molecule has 2 unspecified atom stereocenters. The number of β-amino-alcohol motifs (C(OH)–C–C–N with tert-alkyl or cyclic N) is 4. The lowest BCUT2D eigenvalue weighted by molar-refractivity contribution is -0.139. The number of piperidine rings is 4. The van der Waals surface area contributed by atoms with E-state index in [1.54, 1.807) is 13.8 Å². The fourth-order valence-corrected chi connectivity index (χ4v) is 24.9. The third-order valence-electron chi connectivity index (χ3n) is 33.6. The number of rotatable bonds is 34. The van der Waals surface area contributed by atoms with Crippen molar-refractivity contribution in [2.24, 2.45) is 70.8 Å². The maximum atomic E-state index is 11.4. The van der Waals surface area contributed by atoms with Crippen LogP contribution in [0.15, 0.2) is 0 Å². The number of carbonyl (C=O) groups excluding carboxylic acids is 2. The Balaban J connectivity index is 0.000000181. The maximum absolute atomic E-state index is 11.4. The normalized spacial score (nSPS) is 26.2. The minimum absolute atomic E-state index is 0.0342. The summed E-state index contributed by atoms with van der Waals surface area (Å²) >= 11 is 0. The third kappa shape index (κ3) is 45.8. The molecule has 18 saturated heterocycles. The number of ether oxygens (including phenoxy) is 1. The van der Waals surface area contributed by atoms with Crippen molar-refractivity contribution in [3.8, 4) is 0 Å². The Labute approximate surface area is 894 Å². The molecule has 9 N–H and O–H groups in total. The summed E-state index contributed by atoms with van der Waals surface area (Å²) in [4.78, 5) is 69.6. The lowest BCUT2D eigenvalue weighted by atomic mass is 9.83. The van der Waals surface area contributed by atoms with Crippen LogP contribution in [0.2, 0.25) is 0 Å². The number of nitrogens with two attached hydrogens (primary N) is 1. The number of aliphatic hydroxyl groups excluding tert-OH is 4. The van der Waals surface area contributed by atoms with Crippen LogP contribution in [0.5, 0.6) is 0 Å². The molecule has 18 aliphatic rings. The number of morpholine rings is 1. The van der Waals surface area contributed by atoms with E-state index in [4.69, 9.17) is 15.6 Å². The first-order chi connectivity index (χ1) is 69.0. The standard InChI is InChI=1S/C13H27N3O2.C13H27NO.2C12H24N2O.C12H24N2.C11H21N3O.2C11H22N2O.C11H22N2.C10H20N2O/c1-10(2)6-16-8-13(18,9-16)7-15(5)12(3,4)11(14)17;1-11(2)5-8-14-9-6-12(7-10-14)13(3,4)15;1-10(2)7-13-8-11(9-13)14-5-3-12(15)4-6-14;1-10(2)6-13-7-11(8-13)14-5-3-4-12(15)9-14;1-11(2)8-13-9-12(10-13)14-6-4-3-5-7-14;1-9(2)5-13-6-10(7-13)14-4-3-12-11(15)8-14;1-10(2)7-12-8-11(9-12)13-3-5-14-6-4-13;1-9(2)5-12-6-10(7-12)13-4-3-11(14)8-13;1-10(2)7-12-8-11(9-12)13-5-3-4-6-13;1-8(2)3-11-4-9(5-11)12-6-10(13)7-12/h10,18H,6-9H2,1-5H3,(H2,14,17);11-12,15H,5-10H2,1-4H3;2*10-12,15H,3-9H2,1-2H3;11-12H,3-10H2,1-2H3;9-10H,3-8H2,1-2H3,(H,12,15);10-11H,3-9H2,1-2H3;9-11,14H,3-8H2,1-2H3;10-11H,3-9H2,1-2H3;8-10,13H,3-7H2,1-2H3. The van der Waals surface area contributed by atoms with Gasteiger partial charge in [-0.2, -0.15) is 0 Å². The van der Waals surface area contributed by atoms with Gasteiger partial charge >= 0.3 is 0 Å². The highest BCUT2D eigenvalue weighted by atomic mass is 16.5. The zero-order valence-corrected chi connectivity index (χ0v) is 98.8. The van der Waals surface area contributed by atoms with Gasteiger partial charge in [0.05, 0.1) is 55.3 Å². The average Bonchev–Trinajstić information content (AvgIpc) is 0.897. The summed E-state index contributed by atoms with van der Waals surface area (Å²) in [6.07, 6.45) is 15.7. The van der Waals surface area contributed by atoms with Crippen molar-refractivity contribution in [1.82, 2.24) is 98.4 Å². The number of nitrogens with zero attached hydrogens (tertiary/aromatic N) is 19. The number of carbonyl (C=O) groups is 2. The van der Waals surface area contributed by atoms with Crippen molar-refractivity contribution in [2.45, 2.75) is 339 Å². The number of aliphatic hydroxyl groups is 6. The van der Waals surface area contributed by atoms with E-state index in [0.29, 0.717) is 44.1 Å². The van der Waals surface area contributed by atoms with E-state index in [9.17, 15) is 35.1 Å². The van der Waals surface area contributed by atoms with Gasteiger partial charge in [-0.05, 0) is 229 Å². The highest BCUT2D eigenvalue weighted by Crippen LogP contribution is 2.33. The molecule has 18 rings (SSSR count). The van der Waals surface area contributed by atoms with Crippen LogP contribution in [0.4, 0.5) is 0 Å². The number of hydrogen-bond acceptors (Lipinski definition) is 28. The molecule has 18 aliphatic heterocycles. The molecular formula is C116H233N21O9. The molecule has 0 aromatic heterocycles. The summed E-state index contributed by atoms with van der Waals surface area (Å²) < 4.78 is 5.35. The quantitative estimate of drug-likeness (QED) is 0.0303. The molecule has 0 aromatic carbocycles. The van der Waals surface area contributed by atoms with E-state index in [1.165, 1.54) is 241 Å². The Morgan fingerprint density at radius 1 is 0.349 bits per heavy atom. The van der Waals surface area contributed by atoms with Crippen molar-refractivity contribution in [2.75, 3.05) is 334 Å². The number of primary amides is 1. The van der Waals surface area contributed by atoms with Gasteiger partial charge in [0, 0.05) is 304 Å². The van der Waals surface area contributed by atoms with E-state index in [0.717, 1.165) is 239 Å². The molecule has 2 atom stereocenters. The van der Waals surface area contributed by atoms with Crippen LogP contribution < -0.4 is 11.1 Å². The van der Waals surface area contributed by atoms with Gasteiger partial charge in [0.25, 0.3) is 0 Å². The largest absolute Gasteiger partial charge is 0.393 e. The topological polar surface area (TPSA) is 264 Å². The van der Waals surface area contributed by atoms with E-state index >= 15 is 0 Å². The summed E-state index contributed by atoms with van der Waals surface area (Å²) in [5.41, 5.74) is 3.45. The molecule has 18 fully saturated rings. The van der Waals surface area contributed by atoms with E-state index in [1.807, 2.05) is 25.8 Å². The van der Waals surface area contributed by atoms with Gasteiger partial charge in [0.1, 0.15) is 5.60 Å². The van der Waals surface area contributed by atoms with Crippen LogP contribution >= 0.6 is 0 Å². The van der Waals surface area contributed by atoms with Gasteiger partial charge in [-0.25, -0.2) is 0 Å². The van der Waals surface area contributed by atoms with E-state index < -0.39 is 16.7 Å². The Morgan fingerprint density at radius 3 is 0.973 bits per heavy atom. The smallest absolute Gasteiger partial charge is 0.237 e. The fourth-order valence-electron chi connectivity index (χ4n) is 24.9. The molecule has 30 heteroatoms. The van der Waals surface area contributed by atoms with Gasteiger partial charge in [-0.3, -0.25) is 97.8 Å². The Bertz CT molecular complexity index is 3360. The number of likely N-dealkylation sites (N-methyl/N-ethyl adjacent to an activating group) is 1. The molecule has 0 spiro atoms. The predicted octanol–water partition coefficient (Wildman–Crippen LogP) is 8.02. The lowest BCUT2D eigenvalue weighted by Gasteiger charge is -2.51. The van der Waals surface area contributed by atoms with Crippen molar-refractivity contribution in [3.63, 3.8) is 0 Å². The minimum atomic E-state index is -0.728. The highest BCUT2D eigenvalue weighted by molar-refractivity contribution is 5.83. The summed E-state index contributed by atoms with van der Waals surface area (Å²) in [6, 6.07) is 6.20. The third-order valence-corrected chi connectivity index (χ3v) is 33.6. The van der Waals surface area contributed by atoms with Crippen molar-refractivity contribution < 1.29 is 45.0 Å². The molecule has 146 heavy (non-hydrogen) atoms. The Kier molecular flexibility index (Phi) is 55.4. The van der Waals surface area contributed by atoms with Gasteiger partial charge in [-0.1, -0.05) is 145 Å². The molecule has 18 heterocycles. The predicted molar refractivity (Wildman–Crippen MR) is 604 cm³/mol. The molecule has 2 amide bonds. The molecule has 0 aromatic rings. The van der Waals surface area contributed by atoms with Crippen LogP contribution in [0.3, 0.4) is 0 Å². The first kappa shape index (κ1) is 127. The van der Waals surface area contributed by atoms with Crippen LogP contribution in [-0.4, -0.2) is 559 Å². The van der Waals surface area contributed by atoms with Crippen LogP contribution in [0.25, 0.3) is 0 Å². The second-order valence-electron chi connectivity index (χ2n) is 54.1. The number of amides is 2. The first-order valence-corrected chi connectivity index (χ1v) is 60.2. The summed E-state index contributed by atoms with van der Waals surface area (Å²) in [7, 11) is 1.83. The zero-order valence-electron chi connectivity index (χ0n) is 98.8. The zero-order chi connectivity index (χ0) is 107. The second kappa shape index (κ2) is 63.5. The Hall–Kier alpha value is -2.10. The maximum Gasteiger partial charge on any atom is 0.237 e. The van der Waals surface area contributed by atoms with Crippen molar-refractivity contribution in [3.05, 3.63) is 0 Å². The summed E-state index contributed by atoms with van der Waals surface area (Å²) in [6.45, 7) is 109. The number of likely N-dealkylation sites (tertiary alicyclic amines) is 16. The number of piperazine rings is 1. The number of nitrogens with one attached hydrogen (secondary N) is 1. The Morgan fingerprint density at radius 2 is 0.644 bits per heavy atom. The number of hydrogen-bond donors (Lipinski definition) is 8. The van der Waals surface area contributed by atoms with Crippen molar-refractivity contribution >= 4 is 11.8 Å². The minimum Gasteiger partial charge on any atom is -0.393 e. The molecule has 0 saturated carbocycles. The van der Waals surface area contributed by atoms with Gasteiger partial charge < -0.3 is 51.3 Å². The summed E-state index contributed by atoms with van der Waals surface area (Å²) in [5, 5.41) is 60.8. The summed E-state index contributed by atoms with van der Waals surface area (Å²) in [5.74, 6) is 8.05. The molecule has 0 radical (unpaired) electrons. The highest BCUT2D eigenvalue weighted by Gasteiger charge is 2.47. The molecule has 0 aliphatic carbocycles. The van der Waals surface area contributed by atoms with Crippen LogP contribution in [0.1, 0.15) is 250 Å². The van der Waals surface area contributed by atoms with E-state index in [-0.39, 0.29) is 36.2 Å².